The van der Waals surface area contributed by atoms with Crippen LogP contribution in [0.5, 0.6) is 0 Å². The molecule has 12 heteroatoms. The molecular weight excluding hydrogens is 1390 g/mol. The van der Waals surface area contributed by atoms with Gasteiger partial charge in [-0.15, -0.1) is 45.3 Å². The molecular formula is C88H78Cl4O4S4. The number of aryl methyl sites for hydroxylation is 4. The van der Waals surface area contributed by atoms with Crippen molar-refractivity contribution in [3.63, 3.8) is 0 Å². The van der Waals surface area contributed by atoms with Gasteiger partial charge in [-0.1, -0.05) is 248 Å². The number of fused-ring (bicyclic) bond motifs is 12. The average molecular weight is 1470 g/mol. The molecule has 0 N–H and O–H groups in total. The van der Waals surface area contributed by atoms with Gasteiger partial charge in [0, 0.05) is 62.3 Å². The molecule has 4 aromatic heterocycles. The Labute approximate surface area is 623 Å². The second kappa shape index (κ2) is 28.8. The van der Waals surface area contributed by atoms with Crippen LogP contribution in [0.1, 0.15) is 248 Å². The second-order valence-electron chi connectivity index (χ2n) is 27.8. The molecule has 0 unspecified atom stereocenters. The average Bonchev–Trinajstić information content (AvgIpc) is 1.49. The number of thiophene rings is 4. The quantitative estimate of drug-likeness (QED) is 0.0308. The Hall–Kier alpha value is -6.82. The first-order valence-corrected chi connectivity index (χ1v) is 40.8. The topological polar surface area (TPSA) is 68.3 Å². The molecule has 0 atom stereocenters. The summed E-state index contributed by atoms with van der Waals surface area (Å²) in [6.07, 6.45) is 26.5. The first kappa shape index (κ1) is 68.9. The van der Waals surface area contributed by atoms with Crippen molar-refractivity contribution in [3.05, 3.63) is 276 Å². The van der Waals surface area contributed by atoms with Crippen LogP contribution < -0.4 is 0 Å². The standard InChI is InChI=1S/C88H78Cl4O4S4/c1-5-9-13-17-21-51-25-33-55(34-26-51)87(56-35-27-52(28-36-56)22-18-14-10-6-2)69-45-66-70(46-65(69)83-77(87)85-75(99-83)43-59(97-85)41-67-79(93)61-47-71(89)72(90)48-62(61)80(67)94)88(57-37-29-53(30-38-57)23-19-15-11-7-3,58-39-31-54(32-40-58)24-20-16-12-8-4)78-84(66)100-76-44-60(98-86(76)78)42-68-81(95)63-49-73(91)74(92)50-64(63)82(68)96/h25-50H,5-24H2,1-4H3. The van der Waals surface area contributed by atoms with Crippen LogP contribution in [0.3, 0.4) is 0 Å². The third kappa shape index (κ3) is 11.9. The number of halogens is 4. The van der Waals surface area contributed by atoms with E-state index in [0.29, 0.717) is 0 Å². The summed E-state index contributed by atoms with van der Waals surface area (Å²) in [6, 6.07) is 53.9. The van der Waals surface area contributed by atoms with Gasteiger partial charge in [0.15, 0.2) is 23.1 Å². The van der Waals surface area contributed by atoms with E-state index in [1.807, 2.05) is 0 Å². The summed E-state index contributed by atoms with van der Waals surface area (Å²) in [6.45, 7) is 9.06. The normalized spacial score (nSPS) is 14.6. The fraction of sp³-hybridized carbons (Fsp3) is 0.295. The third-order valence-corrected chi connectivity index (χ3v) is 27.7. The number of Topliss-reactive ketones (excluding diaryl/α,β-unsaturated/α-hetero) is 4. The number of hydrogen-bond donors (Lipinski definition) is 0. The van der Waals surface area contributed by atoms with E-state index < -0.39 is 10.8 Å². The predicted octanol–water partition coefficient (Wildman–Crippen LogP) is 27.0. The number of benzene rings is 7. The fourth-order valence-electron chi connectivity index (χ4n) is 16.3. The molecule has 506 valence electrons. The molecule has 4 heterocycles. The summed E-state index contributed by atoms with van der Waals surface area (Å²) in [7, 11) is 0. The Morgan fingerprint density at radius 3 is 0.850 bits per heavy atom. The molecule has 0 bridgehead atoms. The number of allylic oxidation sites excluding steroid dienone is 2. The summed E-state index contributed by atoms with van der Waals surface area (Å²) in [5.74, 6) is -1.40. The minimum atomic E-state index is -0.831. The molecule has 4 aliphatic rings. The lowest BCUT2D eigenvalue weighted by Crippen LogP contribution is -2.30. The minimum Gasteiger partial charge on any atom is -0.288 e. The Kier molecular flexibility index (Phi) is 19.8. The Bertz CT molecular complexity index is 4610. The summed E-state index contributed by atoms with van der Waals surface area (Å²) >= 11 is 32.8. The molecule has 4 aliphatic carbocycles. The van der Waals surface area contributed by atoms with Gasteiger partial charge in [0.2, 0.25) is 0 Å². The van der Waals surface area contributed by atoms with Crippen molar-refractivity contribution in [1.82, 2.24) is 0 Å². The minimum absolute atomic E-state index is 0.108. The smallest absolute Gasteiger partial charge is 0.197 e. The Morgan fingerprint density at radius 2 is 0.590 bits per heavy atom. The van der Waals surface area contributed by atoms with Gasteiger partial charge >= 0.3 is 0 Å². The van der Waals surface area contributed by atoms with Crippen LogP contribution >= 0.6 is 91.8 Å². The van der Waals surface area contributed by atoms with E-state index in [2.05, 4.69) is 149 Å². The van der Waals surface area contributed by atoms with Gasteiger partial charge in [-0.25, -0.2) is 0 Å². The van der Waals surface area contributed by atoms with E-state index >= 15 is 0 Å². The van der Waals surface area contributed by atoms with Crippen molar-refractivity contribution in [2.45, 2.75) is 167 Å². The van der Waals surface area contributed by atoms with Gasteiger partial charge in [0.25, 0.3) is 0 Å². The highest BCUT2D eigenvalue weighted by molar-refractivity contribution is 7.31. The van der Waals surface area contributed by atoms with E-state index in [-0.39, 0.29) is 76.6 Å². The van der Waals surface area contributed by atoms with Crippen molar-refractivity contribution < 1.29 is 19.2 Å². The largest absolute Gasteiger partial charge is 0.288 e. The molecule has 11 aromatic rings. The fourth-order valence-corrected chi connectivity index (χ4v) is 22.4. The van der Waals surface area contributed by atoms with Crippen LogP contribution in [0, 0.1) is 0 Å². The van der Waals surface area contributed by atoms with Crippen LogP contribution in [-0.2, 0) is 36.5 Å². The zero-order valence-corrected chi connectivity index (χ0v) is 63.2. The van der Waals surface area contributed by atoms with Gasteiger partial charge in [0.1, 0.15) is 0 Å². The molecule has 0 saturated carbocycles. The molecule has 4 nitrogen and oxygen atoms in total. The van der Waals surface area contributed by atoms with Crippen LogP contribution in [0.2, 0.25) is 20.1 Å². The second-order valence-corrected chi connectivity index (χ2v) is 33.7. The highest BCUT2D eigenvalue weighted by Gasteiger charge is 2.55. The highest BCUT2D eigenvalue weighted by atomic mass is 35.5. The van der Waals surface area contributed by atoms with Gasteiger partial charge in [0.05, 0.1) is 51.5 Å². The van der Waals surface area contributed by atoms with Crippen LogP contribution in [-0.4, -0.2) is 23.1 Å². The number of carbonyl (C=O) groups is 4. The molecule has 0 aliphatic heterocycles. The molecule has 0 spiro atoms. The van der Waals surface area contributed by atoms with Gasteiger partial charge in [-0.3, -0.25) is 19.2 Å². The maximum absolute atomic E-state index is 14.3. The first-order valence-electron chi connectivity index (χ1n) is 36.0. The van der Waals surface area contributed by atoms with Gasteiger partial charge in [-0.2, -0.15) is 0 Å². The zero-order valence-electron chi connectivity index (χ0n) is 56.9. The summed E-state index contributed by atoms with van der Waals surface area (Å²) in [4.78, 5) is 61.2. The summed E-state index contributed by atoms with van der Waals surface area (Å²) < 4.78 is 4.42. The lowest BCUT2D eigenvalue weighted by Gasteiger charge is -2.36. The molecule has 0 radical (unpaired) electrons. The third-order valence-electron chi connectivity index (χ3n) is 21.4. The van der Waals surface area contributed by atoms with Crippen molar-refractivity contribution in [1.29, 1.82) is 0 Å². The highest BCUT2D eigenvalue weighted by Crippen LogP contribution is 2.68. The maximum atomic E-state index is 14.3. The Balaban J connectivity index is 0.990. The van der Waals surface area contributed by atoms with E-state index in [1.165, 1.54) is 189 Å². The maximum Gasteiger partial charge on any atom is 0.197 e. The van der Waals surface area contributed by atoms with Gasteiger partial charge < -0.3 is 0 Å². The summed E-state index contributed by atoms with van der Waals surface area (Å²) in [5, 5.41) is 0.943. The zero-order chi connectivity index (χ0) is 69.1. The van der Waals surface area contributed by atoms with Crippen molar-refractivity contribution >= 4 is 146 Å². The van der Waals surface area contributed by atoms with Crippen molar-refractivity contribution in [3.8, 4) is 20.9 Å². The van der Waals surface area contributed by atoms with E-state index in [4.69, 9.17) is 46.4 Å². The lowest BCUT2D eigenvalue weighted by molar-refractivity contribution is 0.0975. The number of carbonyl (C=O) groups excluding carboxylic acids is 4. The lowest BCUT2D eigenvalue weighted by atomic mass is 9.65. The van der Waals surface area contributed by atoms with E-state index in [1.54, 1.807) is 57.5 Å². The molecule has 100 heavy (non-hydrogen) atoms. The molecule has 0 fully saturated rings. The Morgan fingerprint density at radius 1 is 0.320 bits per heavy atom. The van der Waals surface area contributed by atoms with Crippen LogP contribution in [0.15, 0.2) is 157 Å². The van der Waals surface area contributed by atoms with Crippen LogP contribution in [0.4, 0.5) is 0 Å². The molecule has 0 amide bonds. The number of ketones is 4. The SMILES string of the molecule is CCCCCCc1ccc(C2(c3ccc(CCCCCC)cc3)c3cc4c(cc3-c3sc5cc(C=C6C(=O)c7cc(Cl)c(Cl)cc7C6=O)sc5c32)C(c2ccc(CCCCCC)cc2)(c2ccc(CCCCCC)cc2)c2c-4sc3cc(C=C4C(=O)c5cc(Cl)c(Cl)cc5C4=O)sc23)cc1. The van der Waals surface area contributed by atoms with E-state index in [0.717, 1.165) is 79.9 Å². The predicted molar refractivity (Wildman–Crippen MR) is 425 cm³/mol. The number of hydrogen-bond acceptors (Lipinski definition) is 8. The monoisotopic (exact) mass is 1470 g/mol. The molecule has 15 rings (SSSR count). The van der Waals surface area contributed by atoms with Crippen molar-refractivity contribution in [2.75, 3.05) is 0 Å². The summed E-state index contributed by atoms with van der Waals surface area (Å²) in [5.41, 5.74) is 16.9. The number of unbranched alkanes of at least 4 members (excludes halogenated alkanes) is 12. The number of rotatable bonds is 26. The molecule has 7 aromatic carbocycles. The van der Waals surface area contributed by atoms with Gasteiger partial charge in [-0.05, 0) is 179 Å². The van der Waals surface area contributed by atoms with E-state index in [9.17, 15) is 19.2 Å². The molecule has 0 saturated heterocycles. The van der Waals surface area contributed by atoms with Crippen molar-refractivity contribution in [2.24, 2.45) is 0 Å². The van der Waals surface area contributed by atoms with Crippen LogP contribution in [0.25, 0.3) is 51.8 Å². The first-order chi connectivity index (χ1) is 48.7.